The molecule has 0 aliphatic rings. The van der Waals surface area contributed by atoms with E-state index in [1.165, 1.54) is 0 Å². The maximum atomic E-state index is 12.1. The van der Waals surface area contributed by atoms with Gasteiger partial charge in [0.25, 0.3) is 5.91 Å². The summed E-state index contributed by atoms with van der Waals surface area (Å²) < 4.78 is 2.80. The number of benzene rings is 2. The van der Waals surface area contributed by atoms with E-state index in [4.69, 9.17) is 0 Å². The van der Waals surface area contributed by atoms with Crippen molar-refractivity contribution in [1.29, 1.82) is 0 Å². The highest BCUT2D eigenvalue weighted by atomic mass is 127. The number of carbonyl (C=O) groups is 1. The van der Waals surface area contributed by atoms with Gasteiger partial charge in [0.05, 0.1) is 17.4 Å². The fraction of sp³-hybridized carbons (Fsp3) is 0.111. The van der Waals surface area contributed by atoms with Crippen LogP contribution < -0.4 is 5.32 Å². The third-order valence-corrected chi connectivity index (χ3v) is 4.42. The topological polar surface area (TPSA) is 46.9 Å². The summed E-state index contributed by atoms with van der Waals surface area (Å²) in [6.45, 7) is 0.588. The van der Waals surface area contributed by atoms with Gasteiger partial charge in [-0.2, -0.15) is 5.10 Å². The SMILES string of the molecule is O=C(NCCc1cnn(-c2ccccc2)c1)c1ccccc1I. The fourth-order valence-corrected chi connectivity index (χ4v) is 2.90. The smallest absolute Gasteiger partial charge is 0.252 e. The molecule has 1 amide bonds. The summed E-state index contributed by atoms with van der Waals surface area (Å²) in [7, 11) is 0. The second kappa shape index (κ2) is 7.41. The van der Waals surface area contributed by atoms with E-state index >= 15 is 0 Å². The molecule has 4 nitrogen and oxygen atoms in total. The van der Waals surface area contributed by atoms with E-state index in [-0.39, 0.29) is 5.91 Å². The summed E-state index contributed by atoms with van der Waals surface area (Å²) in [5.41, 5.74) is 2.84. The van der Waals surface area contributed by atoms with Crippen LogP contribution in [0.5, 0.6) is 0 Å². The van der Waals surface area contributed by atoms with Crippen LogP contribution in [0.25, 0.3) is 5.69 Å². The molecular formula is C18H16IN3O. The highest BCUT2D eigenvalue weighted by Crippen LogP contribution is 2.11. The molecule has 0 bridgehead atoms. The number of nitrogens with one attached hydrogen (secondary N) is 1. The minimum absolute atomic E-state index is 0.0366. The van der Waals surface area contributed by atoms with E-state index in [1.807, 2.05) is 71.7 Å². The van der Waals surface area contributed by atoms with Crippen LogP contribution in [0.15, 0.2) is 67.0 Å². The van der Waals surface area contributed by atoms with Crippen molar-refractivity contribution in [2.45, 2.75) is 6.42 Å². The Labute approximate surface area is 148 Å². The molecule has 0 aliphatic carbocycles. The number of nitrogens with zero attached hydrogens (tertiary/aromatic N) is 2. The Morgan fingerprint density at radius 3 is 2.61 bits per heavy atom. The number of para-hydroxylation sites is 1. The molecule has 1 heterocycles. The first-order valence-electron chi connectivity index (χ1n) is 7.36. The first-order chi connectivity index (χ1) is 11.2. The number of aromatic nitrogens is 2. The Bertz CT molecular complexity index is 799. The summed E-state index contributed by atoms with van der Waals surface area (Å²) >= 11 is 2.17. The normalized spacial score (nSPS) is 10.5. The van der Waals surface area contributed by atoms with Gasteiger partial charge in [0.2, 0.25) is 0 Å². The molecule has 5 heteroatoms. The minimum atomic E-state index is -0.0366. The molecule has 2 aromatic carbocycles. The molecule has 0 spiro atoms. The van der Waals surface area contributed by atoms with Crippen molar-refractivity contribution >= 4 is 28.5 Å². The van der Waals surface area contributed by atoms with E-state index in [0.29, 0.717) is 12.1 Å². The van der Waals surface area contributed by atoms with Gasteiger partial charge >= 0.3 is 0 Å². The molecule has 116 valence electrons. The summed E-state index contributed by atoms with van der Waals surface area (Å²) in [6, 6.07) is 17.5. The first-order valence-corrected chi connectivity index (χ1v) is 8.43. The van der Waals surface area contributed by atoms with Crippen LogP contribution in [0.3, 0.4) is 0 Å². The largest absolute Gasteiger partial charge is 0.352 e. The van der Waals surface area contributed by atoms with Crippen molar-refractivity contribution in [2.75, 3.05) is 6.54 Å². The second-order valence-electron chi connectivity index (χ2n) is 5.11. The second-order valence-corrected chi connectivity index (χ2v) is 6.28. The van der Waals surface area contributed by atoms with Crippen LogP contribution in [0.2, 0.25) is 0 Å². The highest BCUT2D eigenvalue weighted by Gasteiger charge is 2.08. The lowest BCUT2D eigenvalue weighted by Crippen LogP contribution is -2.26. The minimum Gasteiger partial charge on any atom is -0.352 e. The zero-order valence-electron chi connectivity index (χ0n) is 12.4. The van der Waals surface area contributed by atoms with Crippen molar-refractivity contribution in [3.05, 3.63) is 81.7 Å². The van der Waals surface area contributed by atoms with Gasteiger partial charge < -0.3 is 5.32 Å². The van der Waals surface area contributed by atoms with Crippen LogP contribution >= 0.6 is 22.6 Å². The quantitative estimate of drug-likeness (QED) is 0.647. The van der Waals surface area contributed by atoms with Gasteiger partial charge in [-0.1, -0.05) is 30.3 Å². The molecule has 0 radical (unpaired) electrons. The van der Waals surface area contributed by atoms with Crippen molar-refractivity contribution in [1.82, 2.24) is 15.1 Å². The van der Waals surface area contributed by atoms with Crippen LogP contribution in [-0.2, 0) is 6.42 Å². The van der Waals surface area contributed by atoms with Crippen LogP contribution in [0.4, 0.5) is 0 Å². The average Bonchev–Trinajstić information content (AvgIpc) is 3.05. The van der Waals surface area contributed by atoms with Crippen molar-refractivity contribution in [3.63, 3.8) is 0 Å². The number of carbonyl (C=O) groups excluding carboxylic acids is 1. The lowest BCUT2D eigenvalue weighted by molar-refractivity contribution is 0.0953. The van der Waals surface area contributed by atoms with Crippen LogP contribution in [-0.4, -0.2) is 22.2 Å². The molecule has 0 unspecified atom stereocenters. The van der Waals surface area contributed by atoms with Gasteiger partial charge in [-0.25, -0.2) is 4.68 Å². The van der Waals surface area contributed by atoms with Gasteiger partial charge in [-0.15, -0.1) is 0 Å². The van der Waals surface area contributed by atoms with Crippen molar-refractivity contribution in [2.24, 2.45) is 0 Å². The lowest BCUT2D eigenvalue weighted by atomic mass is 10.2. The number of hydrogen-bond acceptors (Lipinski definition) is 2. The predicted octanol–water partition coefficient (Wildman–Crippen LogP) is 3.45. The van der Waals surface area contributed by atoms with Gasteiger partial charge in [-0.05, 0) is 58.8 Å². The Kier molecular flexibility index (Phi) is 5.07. The van der Waals surface area contributed by atoms with Gasteiger partial charge in [0, 0.05) is 16.3 Å². The van der Waals surface area contributed by atoms with Crippen LogP contribution in [0, 0.1) is 3.57 Å². The third-order valence-electron chi connectivity index (χ3n) is 3.47. The fourth-order valence-electron chi connectivity index (χ4n) is 2.27. The van der Waals surface area contributed by atoms with Gasteiger partial charge in [0.1, 0.15) is 0 Å². The third kappa shape index (κ3) is 3.98. The Hall–Kier alpha value is -2.15. The number of rotatable bonds is 5. The molecule has 1 N–H and O–H groups in total. The predicted molar refractivity (Wildman–Crippen MR) is 98.8 cm³/mol. The average molecular weight is 417 g/mol. The van der Waals surface area contributed by atoms with E-state index in [2.05, 4.69) is 33.0 Å². The van der Waals surface area contributed by atoms with Crippen LogP contribution in [0.1, 0.15) is 15.9 Å². The number of hydrogen-bond donors (Lipinski definition) is 1. The molecule has 1 aromatic heterocycles. The molecule has 3 aromatic rings. The molecule has 0 saturated heterocycles. The Morgan fingerprint density at radius 1 is 1.09 bits per heavy atom. The van der Waals surface area contributed by atoms with E-state index in [1.54, 1.807) is 0 Å². The standard InChI is InChI=1S/C18H16IN3O/c19-17-9-5-4-8-16(17)18(23)20-11-10-14-12-21-22(13-14)15-6-2-1-3-7-15/h1-9,12-13H,10-11H2,(H,20,23). The van der Waals surface area contributed by atoms with Crippen molar-refractivity contribution in [3.8, 4) is 5.69 Å². The lowest BCUT2D eigenvalue weighted by Gasteiger charge is -2.06. The molecule has 0 atom stereocenters. The van der Waals surface area contributed by atoms with Crippen molar-refractivity contribution < 1.29 is 4.79 Å². The van der Waals surface area contributed by atoms with E-state index in [9.17, 15) is 4.79 Å². The zero-order chi connectivity index (χ0) is 16.1. The monoisotopic (exact) mass is 417 g/mol. The molecule has 23 heavy (non-hydrogen) atoms. The summed E-state index contributed by atoms with van der Waals surface area (Å²) in [6.07, 6.45) is 4.58. The number of amides is 1. The molecular weight excluding hydrogens is 401 g/mol. The van der Waals surface area contributed by atoms with E-state index in [0.717, 1.165) is 21.2 Å². The molecule has 0 fully saturated rings. The summed E-state index contributed by atoms with van der Waals surface area (Å²) in [4.78, 5) is 12.1. The Morgan fingerprint density at radius 2 is 1.83 bits per heavy atom. The maximum absolute atomic E-state index is 12.1. The van der Waals surface area contributed by atoms with Gasteiger partial charge in [0.15, 0.2) is 0 Å². The molecule has 0 saturated carbocycles. The highest BCUT2D eigenvalue weighted by molar-refractivity contribution is 14.1. The molecule has 3 rings (SSSR count). The maximum Gasteiger partial charge on any atom is 0.252 e. The molecule has 0 aliphatic heterocycles. The Balaban J connectivity index is 1.56. The number of halogens is 1. The van der Waals surface area contributed by atoms with E-state index < -0.39 is 0 Å². The summed E-state index contributed by atoms with van der Waals surface area (Å²) in [5, 5.41) is 7.32. The first kappa shape index (κ1) is 15.7. The summed E-state index contributed by atoms with van der Waals surface area (Å²) in [5.74, 6) is -0.0366. The zero-order valence-corrected chi connectivity index (χ0v) is 14.6. The van der Waals surface area contributed by atoms with Gasteiger partial charge in [-0.3, -0.25) is 4.79 Å².